The first-order valence-electron chi connectivity index (χ1n) is 8.95. The predicted octanol–water partition coefficient (Wildman–Crippen LogP) is 0.479. The van der Waals surface area contributed by atoms with Crippen molar-refractivity contribution in [2.24, 2.45) is 0 Å². The van der Waals surface area contributed by atoms with E-state index in [4.69, 9.17) is 0 Å². The van der Waals surface area contributed by atoms with Gasteiger partial charge in [-0.15, -0.1) is 0 Å². The Morgan fingerprint density at radius 2 is 2.17 bits per heavy atom. The Labute approximate surface area is 142 Å². The van der Waals surface area contributed by atoms with Crippen molar-refractivity contribution >= 4 is 11.8 Å². The second-order valence-corrected chi connectivity index (χ2v) is 6.74. The minimum absolute atomic E-state index is 0.0537. The van der Waals surface area contributed by atoms with Crippen molar-refractivity contribution < 1.29 is 9.59 Å². The number of carbonyl (C=O) groups excluding carboxylic acids is 2. The van der Waals surface area contributed by atoms with Gasteiger partial charge in [-0.3, -0.25) is 14.3 Å². The molecule has 0 radical (unpaired) electrons. The standard InChI is InChI=1S/C17H27N5O2/c1-2-15(23)20-14-5-3-11-21(13-14)16(24)17(6-9-18-10-7-17)22-12-4-8-19-22/h4,8,12,14,18H,2-3,5-7,9-11,13H2,1H3,(H,20,23). The van der Waals surface area contributed by atoms with Crippen molar-refractivity contribution in [1.29, 1.82) is 0 Å². The lowest BCUT2D eigenvalue weighted by Crippen LogP contribution is -2.59. The number of likely N-dealkylation sites (tertiary alicyclic amines) is 1. The molecule has 1 atom stereocenters. The van der Waals surface area contributed by atoms with Crippen LogP contribution in [0.5, 0.6) is 0 Å². The van der Waals surface area contributed by atoms with E-state index in [-0.39, 0.29) is 17.9 Å². The van der Waals surface area contributed by atoms with Crippen molar-refractivity contribution in [3.05, 3.63) is 18.5 Å². The van der Waals surface area contributed by atoms with E-state index in [1.165, 1.54) is 0 Å². The molecule has 2 aliphatic rings. The Kier molecular flexibility index (Phi) is 5.18. The molecule has 2 fully saturated rings. The first-order chi connectivity index (χ1) is 11.7. The molecule has 0 saturated carbocycles. The summed E-state index contributed by atoms with van der Waals surface area (Å²) in [6.45, 7) is 4.84. The third-order valence-corrected chi connectivity index (χ3v) is 5.17. The summed E-state index contributed by atoms with van der Waals surface area (Å²) >= 11 is 0. The second kappa shape index (κ2) is 7.34. The Hall–Kier alpha value is -1.89. The summed E-state index contributed by atoms with van der Waals surface area (Å²) in [5.41, 5.74) is -0.592. The van der Waals surface area contributed by atoms with Gasteiger partial charge in [0.25, 0.3) is 5.91 Å². The summed E-state index contributed by atoms with van der Waals surface area (Å²) < 4.78 is 1.84. The predicted molar refractivity (Wildman–Crippen MR) is 90.3 cm³/mol. The van der Waals surface area contributed by atoms with E-state index in [0.29, 0.717) is 13.0 Å². The number of nitrogens with one attached hydrogen (secondary N) is 2. The third kappa shape index (κ3) is 3.31. The fourth-order valence-corrected chi connectivity index (χ4v) is 3.81. The second-order valence-electron chi connectivity index (χ2n) is 6.74. The first-order valence-corrected chi connectivity index (χ1v) is 8.95. The highest BCUT2D eigenvalue weighted by atomic mass is 16.2. The van der Waals surface area contributed by atoms with Gasteiger partial charge in [-0.2, -0.15) is 5.10 Å². The maximum Gasteiger partial charge on any atom is 0.250 e. The normalized spacial score (nSPS) is 23.7. The monoisotopic (exact) mass is 333 g/mol. The molecule has 2 N–H and O–H groups in total. The molecule has 24 heavy (non-hydrogen) atoms. The molecule has 2 aliphatic heterocycles. The minimum atomic E-state index is -0.592. The lowest BCUT2D eigenvalue weighted by Gasteiger charge is -2.42. The van der Waals surface area contributed by atoms with Gasteiger partial charge in [0.2, 0.25) is 5.91 Å². The van der Waals surface area contributed by atoms with Gasteiger partial charge in [0.15, 0.2) is 0 Å². The summed E-state index contributed by atoms with van der Waals surface area (Å²) in [7, 11) is 0. The van der Waals surface area contributed by atoms with Crippen LogP contribution in [0.3, 0.4) is 0 Å². The van der Waals surface area contributed by atoms with Crippen LogP contribution in [-0.2, 0) is 15.1 Å². The number of hydrogen-bond acceptors (Lipinski definition) is 4. The fraction of sp³-hybridized carbons (Fsp3) is 0.706. The van der Waals surface area contributed by atoms with Gasteiger partial charge in [-0.25, -0.2) is 0 Å². The van der Waals surface area contributed by atoms with Crippen molar-refractivity contribution in [2.45, 2.75) is 50.6 Å². The Balaban J connectivity index is 1.76. The highest BCUT2D eigenvalue weighted by Gasteiger charge is 2.45. The molecule has 0 bridgehead atoms. The average Bonchev–Trinajstić information content (AvgIpc) is 3.17. The number of amides is 2. The molecule has 7 heteroatoms. The lowest BCUT2D eigenvalue weighted by molar-refractivity contribution is -0.145. The van der Waals surface area contributed by atoms with E-state index in [1.54, 1.807) is 6.20 Å². The van der Waals surface area contributed by atoms with Gasteiger partial charge in [0.05, 0.1) is 0 Å². The number of hydrogen-bond donors (Lipinski definition) is 2. The summed E-state index contributed by atoms with van der Waals surface area (Å²) in [5.74, 6) is 0.195. The topological polar surface area (TPSA) is 79.3 Å². The van der Waals surface area contributed by atoms with E-state index in [2.05, 4.69) is 15.7 Å². The summed E-state index contributed by atoms with van der Waals surface area (Å²) in [5, 5.41) is 10.7. The van der Waals surface area contributed by atoms with E-state index in [0.717, 1.165) is 45.3 Å². The molecule has 1 aromatic rings. The molecule has 2 amide bonds. The van der Waals surface area contributed by atoms with Crippen LogP contribution in [-0.4, -0.2) is 58.7 Å². The van der Waals surface area contributed by atoms with Gasteiger partial charge in [-0.1, -0.05) is 6.92 Å². The first kappa shape index (κ1) is 17.0. The largest absolute Gasteiger partial charge is 0.352 e. The van der Waals surface area contributed by atoms with Crippen molar-refractivity contribution in [2.75, 3.05) is 26.2 Å². The number of nitrogens with zero attached hydrogens (tertiary/aromatic N) is 3. The zero-order valence-corrected chi connectivity index (χ0v) is 14.3. The van der Waals surface area contributed by atoms with Crippen molar-refractivity contribution in [3.63, 3.8) is 0 Å². The quantitative estimate of drug-likeness (QED) is 0.840. The molecule has 1 unspecified atom stereocenters. The zero-order chi connectivity index (χ0) is 17.0. The van der Waals surface area contributed by atoms with Crippen LogP contribution < -0.4 is 10.6 Å². The third-order valence-electron chi connectivity index (χ3n) is 5.17. The molecular formula is C17H27N5O2. The van der Waals surface area contributed by atoms with Crippen LogP contribution in [0.15, 0.2) is 18.5 Å². The van der Waals surface area contributed by atoms with Gasteiger partial charge in [0.1, 0.15) is 5.54 Å². The van der Waals surface area contributed by atoms with Crippen LogP contribution in [0.25, 0.3) is 0 Å². The van der Waals surface area contributed by atoms with Crippen LogP contribution >= 0.6 is 0 Å². The molecule has 1 aromatic heterocycles. The van der Waals surface area contributed by atoms with Gasteiger partial charge >= 0.3 is 0 Å². The van der Waals surface area contributed by atoms with Gasteiger partial charge in [0, 0.05) is 37.9 Å². The van der Waals surface area contributed by atoms with Gasteiger partial charge in [-0.05, 0) is 44.8 Å². The molecule has 3 heterocycles. The summed E-state index contributed by atoms with van der Waals surface area (Å²) in [4.78, 5) is 27.0. The zero-order valence-electron chi connectivity index (χ0n) is 14.3. The number of rotatable bonds is 4. The highest BCUT2D eigenvalue weighted by molar-refractivity contribution is 5.85. The van der Waals surface area contributed by atoms with E-state index in [9.17, 15) is 9.59 Å². The van der Waals surface area contributed by atoms with E-state index >= 15 is 0 Å². The molecule has 0 aliphatic carbocycles. The summed E-state index contributed by atoms with van der Waals surface area (Å²) in [6, 6.07) is 1.93. The molecule has 0 aromatic carbocycles. The molecular weight excluding hydrogens is 306 g/mol. The van der Waals surface area contributed by atoms with Crippen molar-refractivity contribution in [3.8, 4) is 0 Å². The van der Waals surface area contributed by atoms with Crippen LogP contribution in [0.4, 0.5) is 0 Å². The maximum atomic E-state index is 13.4. The van der Waals surface area contributed by atoms with Crippen LogP contribution in [0, 0.1) is 0 Å². The average molecular weight is 333 g/mol. The lowest BCUT2D eigenvalue weighted by atomic mass is 9.86. The maximum absolute atomic E-state index is 13.4. The molecule has 2 saturated heterocycles. The van der Waals surface area contributed by atoms with Crippen LogP contribution in [0.2, 0.25) is 0 Å². The van der Waals surface area contributed by atoms with Gasteiger partial charge < -0.3 is 15.5 Å². The highest BCUT2D eigenvalue weighted by Crippen LogP contribution is 2.30. The number of piperidine rings is 2. The molecule has 7 nitrogen and oxygen atoms in total. The van der Waals surface area contributed by atoms with Crippen LogP contribution in [0.1, 0.15) is 39.0 Å². The summed E-state index contributed by atoms with van der Waals surface area (Å²) in [6.07, 6.45) is 7.46. The molecule has 132 valence electrons. The fourth-order valence-electron chi connectivity index (χ4n) is 3.81. The Morgan fingerprint density at radius 3 is 2.83 bits per heavy atom. The Morgan fingerprint density at radius 1 is 1.38 bits per heavy atom. The van der Waals surface area contributed by atoms with E-state index in [1.807, 2.05) is 28.8 Å². The molecule has 0 spiro atoms. The number of aromatic nitrogens is 2. The smallest absolute Gasteiger partial charge is 0.250 e. The molecule has 3 rings (SSSR count). The van der Waals surface area contributed by atoms with Crippen molar-refractivity contribution in [1.82, 2.24) is 25.3 Å². The number of carbonyl (C=O) groups is 2. The van der Waals surface area contributed by atoms with E-state index < -0.39 is 5.54 Å². The SMILES string of the molecule is CCC(=O)NC1CCCN(C(=O)C2(n3cccn3)CCNCC2)C1. The minimum Gasteiger partial charge on any atom is -0.352 e. The Bertz CT molecular complexity index is 566.